The molecule has 0 unspecified atom stereocenters. The molecule has 0 aliphatic carbocycles. The smallest absolute Gasteiger partial charge is 0.276 e. The zero-order valence-electron chi connectivity index (χ0n) is 13.8. The number of nitrogens with one attached hydrogen (secondary N) is 1. The van der Waals surface area contributed by atoms with Gasteiger partial charge >= 0.3 is 0 Å². The van der Waals surface area contributed by atoms with Gasteiger partial charge in [-0.3, -0.25) is 9.48 Å². The third-order valence-corrected chi connectivity index (χ3v) is 6.97. The maximum Gasteiger partial charge on any atom is 0.276 e. The molecule has 3 heterocycles. The summed E-state index contributed by atoms with van der Waals surface area (Å²) in [5.74, 6) is -0.0895. The number of hydrogen-bond acceptors (Lipinski definition) is 5. The van der Waals surface area contributed by atoms with Crippen molar-refractivity contribution in [2.24, 2.45) is 0 Å². The number of thiophene rings is 1. The second kappa shape index (κ2) is 6.69. The number of hydrogen-bond donors (Lipinski definition) is 1. The van der Waals surface area contributed by atoms with Gasteiger partial charge in [0.05, 0.1) is 28.1 Å². The highest BCUT2D eigenvalue weighted by atomic mass is 32.2. The van der Waals surface area contributed by atoms with E-state index in [-0.39, 0.29) is 29.1 Å². The lowest BCUT2D eigenvalue weighted by Crippen LogP contribution is -2.16. The summed E-state index contributed by atoms with van der Waals surface area (Å²) in [7, 11) is -3.05. The van der Waals surface area contributed by atoms with Gasteiger partial charge in [-0.15, -0.1) is 11.3 Å². The number of benzene rings is 1. The molecule has 1 saturated heterocycles. The Hall–Kier alpha value is -2.45. The van der Waals surface area contributed by atoms with Crippen LogP contribution in [0.15, 0.2) is 53.9 Å². The number of carbonyl (C=O) groups excluding carboxylic acids is 1. The molecule has 6 nitrogen and oxygen atoms in total. The SMILES string of the molecule is O=C(Nc1ccccc1)c1cc(-c2cccs2)n([C@@H]2CCS(=O)(=O)C2)n1. The molecule has 1 amide bonds. The first-order valence-corrected chi connectivity index (χ1v) is 10.9. The van der Waals surface area contributed by atoms with Crippen LogP contribution in [-0.4, -0.2) is 35.6 Å². The Morgan fingerprint density at radius 3 is 2.65 bits per heavy atom. The summed E-state index contributed by atoms with van der Waals surface area (Å²) in [4.78, 5) is 13.5. The zero-order chi connectivity index (χ0) is 18.1. The van der Waals surface area contributed by atoms with Gasteiger partial charge in [-0.05, 0) is 36.1 Å². The summed E-state index contributed by atoms with van der Waals surface area (Å²) in [5, 5.41) is 9.22. The average Bonchev–Trinajstić information content (AvgIpc) is 3.33. The van der Waals surface area contributed by atoms with Gasteiger partial charge < -0.3 is 5.32 Å². The second-order valence-electron chi connectivity index (χ2n) is 6.21. The van der Waals surface area contributed by atoms with Crippen LogP contribution in [0.4, 0.5) is 5.69 Å². The van der Waals surface area contributed by atoms with Gasteiger partial charge in [0.1, 0.15) is 0 Å². The van der Waals surface area contributed by atoms with Crippen molar-refractivity contribution in [3.05, 3.63) is 59.6 Å². The van der Waals surface area contributed by atoms with Gasteiger partial charge in [0.2, 0.25) is 0 Å². The molecule has 134 valence electrons. The fraction of sp³-hybridized carbons (Fsp3) is 0.222. The average molecular weight is 387 g/mol. The van der Waals surface area contributed by atoms with Crippen LogP contribution in [0.5, 0.6) is 0 Å². The summed E-state index contributed by atoms with van der Waals surface area (Å²) >= 11 is 1.54. The van der Waals surface area contributed by atoms with Crippen LogP contribution in [0.3, 0.4) is 0 Å². The van der Waals surface area contributed by atoms with Crippen LogP contribution >= 0.6 is 11.3 Å². The van der Waals surface area contributed by atoms with E-state index in [1.54, 1.807) is 22.9 Å². The lowest BCUT2D eigenvalue weighted by Gasteiger charge is -2.12. The van der Waals surface area contributed by atoms with Gasteiger partial charge in [0.15, 0.2) is 15.5 Å². The molecule has 0 radical (unpaired) electrons. The Morgan fingerprint density at radius 1 is 1.19 bits per heavy atom. The number of carbonyl (C=O) groups is 1. The van der Waals surface area contributed by atoms with Crippen molar-refractivity contribution < 1.29 is 13.2 Å². The van der Waals surface area contributed by atoms with Crippen molar-refractivity contribution in [3.8, 4) is 10.6 Å². The molecular formula is C18H17N3O3S2. The predicted octanol–water partition coefficient (Wildman–Crippen LogP) is 3.22. The molecule has 1 aliphatic heterocycles. The first-order valence-electron chi connectivity index (χ1n) is 8.22. The highest BCUT2D eigenvalue weighted by molar-refractivity contribution is 7.91. The van der Waals surface area contributed by atoms with Crippen LogP contribution in [0.25, 0.3) is 10.6 Å². The molecule has 4 rings (SSSR count). The quantitative estimate of drug-likeness (QED) is 0.745. The fourth-order valence-corrected chi connectivity index (χ4v) is 5.50. The maximum atomic E-state index is 12.6. The van der Waals surface area contributed by atoms with E-state index in [9.17, 15) is 13.2 Å². The first kappa shape index (κ1) is 17.0. The molecule has 1 N–H and O–H groups in total. The molecule has 1 atom stereocenters. The summed E-state index contributed by atoms with van der Waals surface area (Å²) < 4.78 is 25.5. The molecular weight excluding hydrogens is 370 g/mol. The van der Waals surface area contributed by atoms with Crippen molar-refractivity contribution in [1.82, 2.24) is 9.78 Å². The normalized spacial score (nSPS) is 18.7. The molecule has 1 aliphatic rings. The lowest BCUT2D eigenvalue weighted by molar-refractivity contribution is 0.102. The topological polar surface area (TPSA) is 81.1 Å². The van der Waals surface area contributed by atoms with E-state index in [1.165, 1.54) is 11.3 Å². The number of nitrogens with zero attached hydrogens (tertiary/aromatic N) is 2. The van der Waals surface area contributed by atoms with Crippen molar-refractivity contribution in [2.45, 2.75) is 12.5 Å². The number of rotatable bonds is 4. The molecule has 8 heteroatoms. The fourth-order valence-electron chi connectivity index (χ4n) is 3.08. The number of aromatic nitrogens is 2. The summed E-state index contributed by atoms with van der Waals surface area (Å²) in [6, 6.07) is 14.5. The largest absolute Gasteiger partial charge is 0.321 e. The lowest BCUT2D eigenvalue weighted by atomic mass is 10.2. The number of anilines is 1. The summed E-state index contributed by atoms with van der Waals surface area (Å²) in [5.41, 5.74) is 1.75. The third-order valence-electron chi connectivity index (χ3n) is 4.33. The van der Waals surface area contributed by atoms with Crippen molar-refractivity contribution in [1.29, 1.82) is 0 Å². The molecule has 0 spiro atoms. The van der Waals surface area contributed by atoms with Crippen molar-refractivity contribution in [2.75, 3.05) is 16.8 Å². The summed E-state index contributed by atoms with van der Waals surface area (Å²) in [6.07, 6.45) is 0.516. The van der Waals surface area contributed by atoms with Crippen molar-refractivity contribution in [3.63, 3.8) is 0 Å². The van der Waals surface area contributed by atoms with Gasteiger partial charge in [-0.1, -0.05) is 24.3 Å². The Bertz CT molecular complexity index is 1030. The molecule has 26 heavy (non-hydrogen) atoms. The van der Waals surface area contributed by atoms with Gasteiger partial charge in [-0.25, -0.2) is 8.42 Å². The Balaban J connectivity index is 1.68. The van der Waals surface area contributed by atoms with E-state index in [2.05, 4.69) is 10.4 Å². The first-order chi connectivity index (χ1) is 12.5. The summed E-state index contributed by atoms with van der Waals surface area (Å²) in [6.45, 7) is 0. The maximum absolute atomic E-state index is 12.6. The van der Waals surface area contributed by atoms with E-state index in [0.717, 1.165) is 10.6 Å². The van der Waals surface area contributed by atoms with Crippen LogP contribution < -0.4 is 5.32 Å². The van der Waals surface area contributed by atoms with E-state index in [0.29, 0.717) is 12.1 Å². The molecule has 0 bridgehead atoms. The van der Waals surface area contributed by atoms with E-state index in [1.807, 2.05) is 35.7 Å². The van der Waals surface area contributed by atoms with Gasteiger partial charge in [0.25, 0.3) is 5.91 Å². The third kappa shape index (κ3) is 3.42. The highest BCUT2D eigenvalue weighted by Crippen LogP contribution is 2.32. The zero-order valence-corrected chi connectivity index (χ0v) is 15.5. The van der Waals surface area contributed by atoms with E-state index in [4.69, 9.17) is 0 Å². The van der Waals surface area contributed by atoms with Gasteiger partial charge in [0, 0.05) is 5.69 Å². The van der Waals surface area contributed by atoms with Crippen LogP contribution in [0.2, 0.25) is 0 Å². The molecule has 3 aromatic rings. The van der Waals surface area contributed by atoms with Crippen LogP contribution in [0, 0.1) is 0 Å². The minimum absolute atomic E-state index is 0.0623. The number of sulfone groups is 1. The van der Waals surface area contributed by atoms with Gasteiger partial charge in [-0.2, -0.15) is 5.10 Å². The van der Waals surface area contributed by atoms with Crippen molar-refractivity contribution >= 4 is 32.8 Å². The monoisotopic (exact) mass is 387 g/mol. The van der Waals surface area contributed by atoms with Crippen LogP contribution in [0.1, 0.15) is 23.0 Å². The molecule has 2 aromatic heterocycles. The Kier molecular flexibility index (Phi) is 4.37. The molecule has 1 aromatic carbocycles. The Morgan fingerprint density at radius 2 is 2.00 bits per heavy atom. The highest BCUT2D eigenvalue weighted by Gasteiger charge is 2.32. The van der Waals surface area contributed by atoms with Crippen LogP contribution in [-0.2, 0) is 9.84 Å². The molecule has 1 fully saturated rings. The molecule has 0 saturated carbocycles. The number of amides is 1. The minimum atomic E-state index is -3.05. The second-order valence-corrected chi connectivity index (χ2v) is 9.39. The van der Waals surface area contributed by atoms with E-state index >= 15 is 0 Å². The predicted molar refractivity (Wildman–Crippen MR) is 102 cm³/mol. The Labute approximate surface area is 155 Å². The standard InChI is InChI=1S/C18H17N3O3S2/c22-18(19-13-5-2-1-3-6-13)15-11-16(17-7-4-9-25-17)21(20-15)14-8-10-26(23,24)12-14/h1-7,9,11,14H,8,10,12H2,(H,19,22)/t14-/m1/s1. The minimum Gasteiger partial charge on any atom is -0.321 e. The number of para-hydroxylation sites is 1. The van der Waals surface area contributed by atoms with E-state index < -0.39 is 9.84 Å².